The van der Waals surface area contributed by atoms with Crippen molar-refractivity contribution < 1.29 is 0 Å². The molecule has 0 atom stereocenters. The zero-order valence-corrected chi connectivity index (χ0v) is 10.7. The average molecular weight is 256 g/mol. The van der Waals surface area contributed by atoms with Crippen molar-refractivity contribution >= 4 is 17.6 Å². The van der Waals surface area contributed by atoms with Crippen molar-refractivity contribution in [1.29, 1.82) is 5.26 Å². The molecule has 0 saturated carbocycles. The normalized spacial score (nSPS) is 10.0. The number of hydrogen-bond donors (Lipinski definition) is 1. The summed E-state index contributed by atoms with van der Waals surface area (Å²) < 4.78 is 0. The number of nitrogen functional groups attached to an aromatic ring is 1. The highest BCUT2D eigenvalue weighted by atomic mass is 32.2. The lowest BCUT2D eigenvalue weighted by atomic mass is 10.2. The largest absolute Gasteiger partial charge is 0.382 e. The van der Waals surface area contributed by atoms with Gasteiger partial charge in [0.1, 0.15) is 23.3 Å². The first-order valence-electron chi connectivity index (χ1n) is 5.40. The number of benzene rings is 1. The predicted octanol–water partition coefficient (Wildman–Crippen LogP) is 2.53. The van der Waals surface area contributed by atoms with Gasteiger partial charge in [0.2, 0.25) is 0 Å². The van der Waals surface area contributed by atoms with Crippen LogP contribution in [0.15, 0.2) is 35.4 Å². The van der Waals surface area contributed by atoms with E-state index in [1.54, 1.807) is 11.8 Å². The molecule has 0 bridgehead atoms. The van der Waals surface area contributed by atoms with Crippen molar-refractivity contribution in [3.05, 3.63) is 47.4 Å². The first-order valence-corrected chi connectivity index (χ1v) is 6.39. The van der Waals surface area contributed by atoms with Crippen molar-refractivity contribution in [2.45, 2.75) is 17.6 Å². The van der Waals surface area contributed by atoms with E-state index < -0.39 is 0 Å². The summed E-state index contributed by atoms with van der Waals surface area (Å²) in [6.07, 6.45) is 1.47. The number of nitrogens with two attached hydrogens (primary N) is 1. The smallest absolute Gasteiger partial charge is 0.145 e. The molecule has 0 radical (unpaired) electrons. The van der Waals surface area contributed by atoms with Crippen LogP contribution < -0.4 is 5.73 Å². The molecule has 1 aromatic heterocycles. The molecule has 5 heteroatoms. The zero-order valence-electron chi connectivity index (χ0n) is 9.92. The molecule has 0 fully saturated rings. The maximum atomic E-state index is 8.74. The van der Waals surface area contributed by atoms with E-state index in [1.165, 1.54) is 16.7 Å². The number of hydrogen-bond acceptors (Lipinski definition) is 5. The van der Waals surface area contributed by atoms with Crippen LogP contribution >= 0.6 is 11.8 Å². The lowest BCUT2D eigenvalue weighted by Crippen LogP contribution is -2.01. The van der Waals surface area contributed by atoms with Gasteiger partial charge in [0.05, 0.1) is 11.9 Å². The van der Waals surface area contributed by atoms with Crippen LogP contribution in [0.25, 0.3) is 0 Å². The second kappa shape index (κ2) is 5.52. The number of anilines is 1. The van der Waals surface area contributed by atoms with Crippen LogP contribution in [0.4, 0.5) is 5.82 Å². The predicted molar refractivity (Wildman–Crippen MR) is 71.9 cm³/mol. The lowest BCUT2D eigenvalue weighted by Gasteiger charge is -2.05. The molecule has 0 aliphatic heterocycles. The van der Waals surface area contributed by atoms with Crippen LogP contribution in [0.2, 0.25) is 0 Å². The molecule has 2 aromatic rings. The van der Waals surface area contributed by atoms with Crippen LogP contribution in [0.3, 0.4) is 0 Å². The second-order valence-electron chi connectivity index (χ2n) is 3.75. The van der Waals surface area contributed by atoms with E-state index in [9.17, 15) is 0 Å². The Labute approximate surface area is 110 Å². The fraction of sp³-hybridized carbons (Fsp3) is 0.154. The first-order chi connectivity index (χ1) is 8.70. The Morgan fingerprint density at radius 2 is 2.17 bits per heavy atom. The third-order valence-electron chi connectivity index (χ3n) is 2.44. The van der Waals surface area contributed by atoms with Gasteiger partial charge in [0.15, 0.2) is 0 Å². The Morgan fingerprint density at radius 3 is 2.83 bits per heavy atom. The summed E-state index contributed by atoms with van der Waals surface area (Å²) in [6, 6.07) is 10.1. The van der Waals surface area contributed by atoms with E-state index >= 15 is 0 Å². The van der Waals surface area contributed by atoms with Crippen molar-refractivity contribution in [3.8, 4) is 6.07 Å². The van der Waals surface area contributed by atoms with Crippen LogP contribution in [-0.2, 0) is 5.75 Å². The number of aromatic nitrogens is 2. The van der Waals surface area contributed by atoms with Crippen LogP contribution in [0.1, 0.15) is 17.0 Å². The van der Waals surface area contributed by atoms with E-state index in [1.807, 2.05) is 18.2 Å². The maximum absolute atomic E-state index is 8.74. The summed E-state index contributed by atoms with van der Waals surface area (Å²) in [5.41, 5.74) is 7.19. The molecule has 18 heavy (non-hydrogen) atoms. The number of thioether (sulfide) groups is 1. The zero-order chi connectivity index (χ0) is 13.0. The maximum Gasteiger partial charge on any atom is 0.145 e. The number of nitriles is 1. The number of aryl methyl sites for hydroxylation is 1. The van der Waals surface area contributed by atoms with Gasteiger partial charge in [-0.25, -0.2) is 9.97 Å². The van der Waals surface area contributed by atoms with E-state index in [4.69, 9.17) is 11.0 Å². The highest BCUT2D eigenvalue weighted by Crippen LogP contribution is 2.24. The number of nitrogens with zero attached hydrogens (tertiary/aromatic N) is 3. The minimum Gasteiger partial charge on any atom is -0.382 e. The quantitative estimate of drug-likeness (QED) is 0.854. The van der Waals surface area contributed by atoms with Crippen molar-refractivity contribution in [3.63, 3.8) is 0 Å². The molecule has 0 aliphatic rings. The summed E-state index contributed by atoms with van der Waals surface area (Å²) in [7, 11) is 0. The molecule has 0 saturated heterocycles. The number of rotatable bonds is 3. The van der Waals surface area contributed by atoms with Gasteiger partial charge in [-0.1, -0.05) is 18.2 Å². The minimum atomic E-state index is 0.243. The van der Waals surface area contributed by atoms with Gasteiger partial charge in [0, 0.05) is 4.90 Å². The SMILES string of the molecule is Cc1ccccc1SCc1ncc(C#N)c(N)n1. The summed E-state index contributed by atoms with van der Waals surface area (Å²) in [5, 5.41) is 8.74. The summed E-state index contributed by atoms with van der Waals surface area (Å²) in [4.78, 5) is 9.43. The average Bonchev–Trinajstić information content (AvgIpc) is 2.38. The molecule has 0 amide bonds. The standard InChI is InChI=1S/C13H12N4S/c1-9-4-2-3-5-11(9)18-8-12-16-7-10(6-14)13(15)17-12/h2-5,7H,8H2,1H3,(H2,15,16,17). The summed E-state index contributed by atoms with van der Waals surface area (Å²) in [5.74, 6) is 1.52. The molecule has 90 valence electrons. The van der Waals surface area contributed by atoms with Gasteiger partial charge in [-0.15, -0.1) is 11.8 Å². The third-order valence-corrected chi connectivity index (χ3v) is 3.61. The van der Waals surface area contributed by atoms with E-state index in [0.29, 0.717) is 17.1 Å². The van der Waals surface area contributed by atoms with Gasteiger partial charge in [-0.05, 0) is 18.6 Å². The van der Waals surface area contributed by atoms with Crippen LogP contribution in [0, 0.1) is 18.3 Å². The Hall–Kier alpha value is -2.06. The fourth-order valence-electron chi connectivity index (χ4n) is 1.45. The van der Waals surface area contributed by atoms with E-state index in [2.05, 4.69) is 29.0 Å². The van der Waals surface area contributed by atoms with Gasteiger partial charge in [0.25, 0.3) is 0 Å². The van der Waals surface area contributed by atoms with Crippen molar-refractivity contribution in [2.75, 3.05) is 5.73 Å². The highest BCUT2D eigenvalue weighted by molar-refractivity contribution is 7.98. The molecular weight excluding hydrogens is 244 g/mol. The fourth-order valence-corrected chi connectivity index (χ4v) is 2.34. The molecule has 2 rings (SSSR count). The Morgan fingerprint density at radius 1 is 1.39 bits per heavy atom. The topological polar surface area (TPSA) is 75.6 Å². The van der Waals surface area contributed by atoms with Crippen molar-refractivity contribution in [1.82, 2.24) is 9.97 Å². The van der Waals surface area contributed by atoms with E-state index in [0.717, 1.165) is 0 Å². The molecule has 1 aromatic carbocycles. The summed E-state index contributed by atoms with van der Waals surface area (Å²) in [6.45, 7) is 2.07. The molecule has 0 unspecified atom stereocenters. The van der Waals surface area contributed by atoms with Crippen LogP contribution in [-0.4, -0.2) is 9.97 Å². The Kier molecular flexibility index (Phi) is 3.80. The molecule has 1 heterocycles. The minimum absolute atomic E-state index is 0.243. The molecular formula is C13H12N4S. The molecule has 4 nitrogen and oxygen atoms in total. The van der Waals surface area contributed by atoms with Gasteiger partial charge >= 0.3 is 0 Å². The monoisotopic (exact) mass is 256 g/mol. The van der Waals surface area contributed by atoms with E-state index in [-0.39, 0.29) is 5.82 Å². The second-order valence-corrected chi connectivity index (χ2v) is 4.77. The van der Waals surface area contributed by atoms with Crippen molar-refractivity contribution in [2.24, 2.45) is 0 Å². The molecule has 0 aliphatic carbocycles. The first kappa shape index (κ1) is 12.4. The van der Waals surface area contributed by atoms with Gasteiger partial charge in [-0.3, -0.25) is 0 Å². The molecule has 2 N–H and O–H groups in total. The summed E-state index contributed by atoms with van der Waals surface area (Å²) >= 11 is 1.66. The van der Waals surface area contributed by atoms with Gasteiger partial charge < -0.3 is 5.73 Å². The Balaban J connectivity index is 2.10. The van der Waals surface area contributed by atoms with Crippen LogP contribution in [0.5, 0.6) is 0 Å². The highest BCUT2D eigenvalue weighted by Gasteiger charge is 2.05. The lowest BCUT2D eigenvalue weighted by molar-refractivity contribution is 1.03. The molecule has 0 spiro atoms. The van der Waals surface area contributed by atoms with Gasteiger partial charge in [-0.2, -0.15) is 5.26 Å². The Bertz CT molecular complexity index is 604. The third kappa shape index (κ3) is 2.79.